The summed E-state index contributed by atoms with van der Waals surface area (Å²) in [5.41, 5.74) is 2.43. The van der Waals surface area contributed by atoms with E-state index in [9.17, 15) is 9.90 Å². The molecule has 2 N–H and O–H groups in total. The zero-order valence-electron chi connectivity index (χ0n) is 19.0. The molecular formula is C28H25N3O3S. The van der Waals surface area contributed by atoms with Gasteiger partial charge in [0.2, 0.25) is 5.71 Å². The molecule has 0 amide bonds. The molecule has 35 heavy (non-hydrogen) atoms. The second-order valence-corrected chi connectivity index (χ2v) is 9.35. The summed E-state index contributed by atoms with van der Waals surface area (Å²) in [5, 5.41) is 19.5. The number of anilines is 1. The summed E-state index contributed by atoms with van der Waals surface area (Å²) in [6, 6.07) is 30.5. The predicted molar refractivity (Wildman–Crippen MR) is 138 cm³/mol. The third-order valence-corrected chi connectivity index (χ3v) is 6.78. The van der Waals surface area contributed by atoms with Gasteiger partial charge in [0, 0.05) is 5.38 Å². The van der Waals surface area contributed by atoms with E-state index in [1.165, 1.54) is 11.3 Å². The molecule has 1 saturated carbocycles. The van der Waals surface area contributed by atoms with Crippen molar-refractivity contribution in [2.24, 2.45) is 11.1 Å². The van der Waals surface area contributed by atoms with Gasteiger partial charge in [0.15, 0.2) is 5.13 Å². The maximum absolute atomic E-state index is 11.9. The van der Waals surface area contributed by atoms with E-state index in [4.69, 9.17) is 4.84 Å². The molecule has 5 rings (SSSR count). The predicted octanol–water partition coefficient (Wildman–Crippen LogP) is 5.76. The van der Waals surface area contributed by atoms with Crippen LogP contribution >= 0.6 is 11.3 Å². The Morgan fingerprint density at radius 3 is 1.91 bits per heavy atom. The number of benzene rings is 3. The van der Waals surface area contributed by atoms with Crippen molar-refractivity contribution >= 4 is 28.1 Å². The van der Waals surface area contributed by atoms with Crippen LogP contribution in [0.3, 0.4) is 0 Å². The Bertz CT molecular complexity index is 1210. The van der Waals surface area contributed by atoms with Gasteiger partial charge >= 0.3 is 5.97 Å². The maximum atomic E-state index is 11.9. The van der Waals surface area contributed by atoms with Crippen molar-refractivity contribution in [3.05, 3.63) is 119 Å². The first-order valence-electron chi connectivity index (χ1n) is 11.5. The van der Waals surface area contributed by atoms with Gasteiger partial charge in [-0.05, 0) is 35.4 Å². The number of carboxylic acids is 1. The first-order valence-corrected chi connectivity index (χ1v) is 12.4. The molecule has 0 atom stereocenters. The molecule has 1 fully saturated rings. The first kappa shape index (κ1) is 22.8. The van der Waals surface area contributed by atoms with Gasteiger partial charge < -0.3 is 15.3 Å². The molecule has 7 heteroatoms. The number of rotatable bonds is 10. The van der Waals surface area contributed by atoms with Gasteiger partial charge in [0.05, 0.1) is 0 Å². The van der Waals surface area contributed by atoms with Crippen LogP contribution in [-0.4, -0.2) is 28.4 Å². The summed E-state index contributed by atoms with van der Waals surface area (Å²) in [5.74, 6) is -0.692. The maximum Gasteiger partial charge on any atom is 0.360 e. The van der Waals surface area contributed by atoms with Crippen molar-refractivity contribution in [1.82, 2.24) is 4.98 Å². The minimum Gasteiger partial charge on any atom is -0.476 e. The number of carbonyl (C=O) groups is 1. The molecule has 0 saturated heterocycles. The monoisotopic (exact) mass is 483 g/mol. The van der Waals surface area contributed by atoms with Crippen LogP contribution < -0.4 is 5.32 Å². The first-order chi connectivity index (χ1) is 17.2. The summed E-state index contributed by atoms with van der Waals surface area (Å²) in [6.07, 6.45) is 2.20. The SMILES string of the molecule is O=C(O)/C(=N\OCC1CC1)c1csc(NC(c2ccccc2)(c2ccccc2)c2ccccc2)n1. The Kier molecular flexibility index (Phi) is 6.59. The van der Waals surface area contributed by atoms with Gasteiger partial charge in [0.25, 0.3) is 0 Å². The Hall–Kier alpha value is -3.97. The minimum absolute atomic E-state index is 0.195. The Labute approximate surface area is 207 Å². The van der Waals surface area contributed by atoms with E-state index in [1.807, 2.05) is 54.6 Å². The highest BCUT2D eigenvalue weighted by Crippen LogP contribution is 2.40. The number of hydrogen-bond donors (Lipinski definition) is 2. The summed E-state index contributed by atoms with van der Waals surface area (Å²) >= 11 is 1.34. The molecule has 0 spiro atoms. The lowest BCUT2D eigenvalue weighted by Gasteiger charge is -2.36. The lowest BCUT2D eigenvalue weighted by Crippen LogP contribution is -2.38. The van der Waals surface area contributed by atoms with E-state index in [0.29, 0.717) is 17.7 Å². The van der Waals surface area contributed by atoms with Crippen LogP contribution in [0.4, 0.5) is 5.13 Å². The summed E-state index contributed by atoms with van der Waals surface area (Å²) in [4.78, 5) is 21.8. The quantitative estimate of drug-likeness (QED) is 0.170. The van der Waals surface area contributed by atoms with Crippen molar-refractivity contribution in [2.45, 2.75) is 18.4 Å². The van der Waals surface area contributed by atoms with Gasteiger partial charge in [-0.15, -0.1) is 11.3 Å². The molecule has 1 aliphatic rings. The fourth-order valence-corrected chi connectivity index (χ4v) is 4.82. The molecule has 6 nitrogen and oxygen atoms in total. The molecule has 1 heterocycles. The third-order valence-electron chi connectivity index (χ3n) is 6.03. The second-order valence-electron chi connectivity index (χ2n) is 8.50. The molecule has 1 aromatic heterocycles. The summed E-state index contributed by atoms with van der Waals surface area (Å²) in [7, 11) is 0. The topological polar surface area (TPSA) is 83.8 Å². The molecule has 0 aliphatic heterocycles. The largest absolute Gasteiger partial charge is 0.476 e. The highest BCUT2D eigenvalue weighted by atomic mass is 32.1. The molecule has 176 valence electrons. The van der Waals surface area contributed by atoms with Crippen molar-refractivity contribution in [3.8, 4) is 0 Å². The minimum atomic E-state index is -1.17. The van der Waals surface area contributed by atoms with Crippen LogP contribution in [0.25, 0.3) is 0 Å². The molecule has 0 unspecified atom stereocenters. The summed E-state index contributed by atoms with van der Waals surface area (Å²) < 4.78 is 0. The number of aliphatic carboxylic acids is 1. The van der Waals surface area contributed by atoms with Crippen LogP contribution in [0, 0.1) is 5.92 Å². The fraction of sp³-hybridized carbons (Fsp3) is 0.179. The van der Waals surface area contributed by atoms with E-state index < -0.39 is 11.5 Å². The Morgan fingerprint density at radius 1 is 0.943 bits per heavy atom. The third kappa shape index (κ3) is 4.95. The van der Waals surface area contributed by atoms with Crippen molar-refractivity contribution in [2.75, 3.05) is 11.9 Å². The van der Waals surface area contributed by atoms with Crippen LogP contribution in [0.5, 0.6) is 0 Å². The smallest absolute Gasteiger partial charge is 0.360 e. The normalized spacial score (nSPS) is 13.9. The number of oxime groups is 1. The zero-order valence-corrected chi connectivity index (χ0v) is 19.8. The number of thiazole rings is 1. The lowest BCUT2D eigenvalue weighted by molar-refractivity contribution is -0.129. The van der Waals surface area contributed by atoms with Gasteiger partial charge in [0.1, 0.15) is 17.8 Å². The van der Waals surface area contributed by atoms with Gasteiger partial charge in [-0.25, -0.2) is 9.78 Å². The Balaban J connectivity index is 1.57. The van der Waals surface area contributed by atoms with Crippen molar-refractivity contribution in [1.29, 1.82) is 0 Å². The number of nitrogens with one attached hydrogen (secondary N) is 1. The van der Waals surface area contributed by atoms with Crippen LogP contribution in [0.2, 0.25) is 0 Å². The van der Waals surface area contributed by atoms with Gasteiger partial charge in [-0.3, -0.25) is 0 Å². The van der Waals surface area contributed by atoms with Crippen LogP contribution in [0.1, 0.15) is 35.2 Å². The van der Waals surface area contributed by atoms with Gasteiger partial charge in [-0.2, -0.15) is 0 Å². The number of nitrogens with zero attached hydrogens (tertiary/aromatic N) is 2. The second kappa shape index (κ2) is 10.1. The summed E-state index contributed by atoms with van der Waals surface area (Å²) in [6.45, 7) is 0.436. The number of carboxylic acid groups (broad SMARTS) is 1. The van der Waals surface area contributed by atoms with Crippen molar-refractivity contribution < 1.29 is 14.7 Å². The fourth-order valence-electron chi connectivity index (χ4n) is 4.07. The average molecular weight is 484 g/mol. The molecular weight excluding hydrogens is 458 g/mol. The molecule has 0 bridgehead atoms. The van der Waals surface area contributed by atoms with Crippen molar-refractivity contribution in [3.63, 3.8) is 0 Å². The van der Waals surface area contributed by atoms with Gasteiger partial charge in [-0.1, -0.05) is 96.2 Å². The molecule has 4 aromatic rings. The van der Waals surface area contributed by atoms with E-state index in [1.54, 1.807) is 5.38 Å². The molecule has 3 aromatic carbocycles. The van der Waals surface area contributed by atoms with Crippen LogP contribution in [0.15, 0.2) is 102 Å². The van der Waals surface area contributed by atoms with E-state index in [2.05, 4.69) is 51.9 Å². The molecule has 0 radical (unpaired) electrons. The lowest BCUT2D eigenvalue weighted by atomic mass is 9.77. The highest BCUT2D eigenvalue weighted by Gasteiger charge is 2.37. The van der Waals surface area contributed by atoms with E-state index in [-0.39, 0.29) is 11.4 Å². The van der Waals surface area contributed by atoms with E-state index >= 15 is 0 Å². The van der Waals surface area contributed by atoms with Crippen LogP contribution in [-0.2, 0) is 15.2 Å². The molecule has 1 aliphatic carbocycles. The standard InChI is InChI=1S/C28H25N3O3S/c32-26(33)25(31-34-18-20-16-17-20)24-19-35-27(29-24)30-28(21-10-4-1-5-11-21,22-12-6-2-7-13-22)23-14-8-3-9-15-23/h1-15,19-20H,16-18H2,(H,29,30)(H,32,33)/b31-25-. The highest BCUT2D eigenvalue weighted by molar-refractivity contribution is 7.14. The zero-order chi connectivity index (χ0) is 24.1. The average Bonchev–Trinajstić information content (AvgIpc) is 3.62. The van der Waals surface area contributed by atoms with E-state index in [0.717, 1.165) is 29.5 Å². The number of aromatic nitrogens is 1. The number of hydrogen-bond acceptors (Lipinski definition) is 6. The Morgan fingerprint density at radius 2 is 1.46 bits per heavy atom.